The van der Waals surface area contributed by atoms with Gasteiger partial charge in [0.15, 0.2) is 6.61 Å². The second-order valence-corrected chi connectivity index (χ2v) is 6.21. The lowest BCUT2D eigenvalue weighted by Gasteiger charge is -2.09. The van der Waals surface area contributed by atoms with E-state index in [-0.39, 0.29) is 5.69 Å². The van der Waals surface area contributed by atoms with Crippen molar-refractivity contribution in [2.24, 2.45) is 0 Å². The molecule has 128 valence electrons. The Hall–Kier alpha value is -2.50. The minimum atomic E-state index is -0.574. The van der Waals surface area contributed by atoms with Gasteiger partial charge in [-0.1, -0.05) is 47.5 Å². The summed E-state index contributed by atoms with van der Waals surface area (Å²) in [7, 11) is 0. The fourth-order valence-corrected chi connectivity index (χ4v) is 3.03. The first-order chi connectivity index (χ1) is 12.0. The van der Waals surface area contributed by atoms with E-state index < -0.39 is 18.5 Å². The molecule has 2 N–H and O–H groups in total. The number of nitrogens with one attached hydrogen (secondary N) is 2. The molecule has 5 nitrogen and oxygen atoms in total. The molecule has 0 saturated carbocycles. The summed E-state index contributed by atoms with van der Waals surface area (Å²) in [5, 5.41) is 3.90. The van der Waals surface area contributed by atoms with Gasteiger partial charge in [-0.15, -0.1) is 0 Å². The number of rotatable bonds is 4. The quantitative estimate of drug-likeness (QED) is 0.654. The summed E-state index contributed by atoms with van der Waals surface area (Å²) >= 11 is 12.0. The molecule has 0 unspecified atom stereocenters. The molecule has 0 spiro atoms. The van der Waals surface area contributed by atoms with Crippen molar-refractivity contribution >= 4 is 51.7 Å². The number of benzene rings is 2. The molecule has 0 atom stereocenters. The van der Waals surface area contributed by atoms with Crippen LogP contribution in [0.5, 0.6) is 0 Å². The highest BCUT2D eigenvalue weighted by Crippen LogP contribution is 2.29. The summed E-state index contributed by atoms with van der Waals surface area (Å²) in [6.45, 7) is 1.33. The lowest BCUT2D eigenvalue weighted by Crippen LogP contribution is -2.21. The van der Waals surface area contributed by atoms with E-state index in [1.54, 1.807) is 25.1 Å². The van der Waals surface area contributed by atoms with Crippen molar-refractivity contribution in [3.8, 4) is 0 Å². The van der Waals surface area contributed by atoms with Crippen LogP contribution in [0.25, 0.3) is 10.9 Å². The Balaban J connectivity index is 1.70. The van der Waals surface area contributed by atoms with Crippen molar-refractivity contribution in [1.29, 1.82) is 0 Å². The highest BCUT2D eigenvalue weighted by atomic mass is 35.5. The lowest BCUT2D eigenvalue weighted by molar-refractivity contribution is -0.119. The summed E-state index contributed by atoms with van der Waals surface area (Å²) < 4.78 is 5.13. The maximum Gasteiger partial charge on any atom is 0.341 e. The van der Waals surface area contributed by atoms with Crippen LogP contribution in [0.2, 0.25) is 10.0 Å². The van der Waals surface area contributed by atoms with Crippen molar-refractivity contribution in [2.45, 2.75) is 6.92 Å². The first-order valence-electron chi connectivity index (χ1n) is 7.45. The number of carbonyl (C=O) groups is 2. The standard InChI is InChI=1S/C18H14Cl2N2O3/c1-10-16(11-5-2-3-8-14(11)21-10)18(24)25-9-15(23)22-17-12(19)6-4-7-13(17)20/h2-8,21H,9H2,1H3,(H,22,23). The molecule has 0 aliphatic carbocycles. The van der Waals surface area contributed by atoms with Crippen molar-refractivity contribution < 1.29 is 14.3 Å². The highest BCUT2D eigenvalue weighted by Gasteiger charge is 2.18. The van der Waals surface area contributed by atoms with Crippen molar-refractivity contribution in [3.63, 3.8) is 0 Å². The molecule has 1 amide bonds. The molecule has 3 aromatic rings. The summed E-state index contributed by atoms with van der Waals surface area (Å²) in [6, 6.07) is 12.3. The monoisotopic (exact) mass is 376 g/mol. The van der Waals surface area contributed by atoms with Crippen LogP contribution in [-0.2, 0) is 9.53 Å². The number of amides is 1. The van der Waals surface area contributed by atoms with E-state index in [1.165, 1.54) is 0 Å². The average Bonchev–Trinajstić information content (AvgIpc) is 2.92. The van der Waals surface area contributed by atoms with E-state index in [0.29, 0.717) is 21.3 Å². The van der Waals surface area contributed by atoms with E-state index in [0.717, 1.165) is 10.9 Å². The molecule has 3 rings (SSSR count). The van der Waals surface area contributed by atoms with Gasteiger partial charge in [0.1, 0.15) is 0 Å². The number of aryl methyl sites for hydroxylation is 1. The zero-order valence-corrected chi connectivity index (χ0v) is 14.7. The number of aromatic amines is 1. The van der Waals surface area contributed by atoms with E-state index in [2.05, 4.69) is 10.3 Å². The van der Waals surface area contributed by atoms with Gasteiger partial charge in [0, 0.05) is 16.6 Å². The number of aromatic nitrogens is 1. The number of anilines is 1. The number of esters is 1. The maximum atomic E-state index is 12.4. The Bertz CT molecular complexity index is 946. The topological polar surface area (TPSA) is 71.2 Å². The molecule has 2 aromatic carbocycles. The number of fused-ring (bicyclic) bond motifs is 1. The smallest absolute Gasteiger partial charge is 0.341 e. The van der Waals surface area contributed by atoms with E-state index in [4.69, 9.17) is 27.9 Å². The third kappa shape index (κ3) is 3.62. The number of hydrogen-bond acceptors (Lipinski definition) is 3. The third-order valence-corrected chi connectivity index (χ3v) is 4.29. The molecule has 0 radical (unpaired) electrons. The van der Waals surface area contributed by atoms with Crippen LogP contribution in [0, 0.1) is 6.92 Å². The third-order valence-electron chi connectivity index (χ3n) is 3.66. The SMILES string of the molecule is Cc1[nH]c2ccccc2c1C(=O)OCC(=O)Nc1c(Cl)cccc1Cl. The van der Waals surface area contributed by atoms with Crippen LogP contribution in [-0.4, -0.2) is 23.5 Å². The molecule has 0 aliphatic heterocycles. The molecule has 1 heterocycles. The summed E-state index contributed by atoms with van der Waals surface area (Å²) in [5.41, 5.74) is 2.22. The normalized spacial score (nSPS) is 10.7. The molecule has 7 heteroatoms. The minimum absolute atomic E-state index is 0.287. The summed E-state index contributed by atoms with van der Waals surface area (Å²) in [6.07, 6.45) is 0. The highest BCUT2D eigenvalue weighted by molar-refractivity contribution is 6.39. The van der Waals surface area contributed by atoms with Crippen LogP contribution >= 0.6 is 23.2 Å². The Labute approximate surface area is 153 Å². The van der Waals surface area contributed by atoms with E-state index in [1.807, 2.05) is 24.3 Å². The summed E-state index contributed by atoms with van der Waals surface area (Å²) in [5.74, 6) is -1.10. The molecule has 0 saturated heterocycles. The second-order valence-electron chi connectivity index (χ2n) is 5.39. The van der Waals surface area contributed by atoms with Crippen molar-refractivity contribution in [1.82, 2.24) is 4.98 Å². The predicted octanol–water partition coefficient (Wildman–Crippen LogP) is 4.58. The zero-order valence-electron chi connectivity index (χ0n) is 13.2. The van der Waals surface area contributed by atoms with Gasteiger partial charge in [0.2, 0.25) is 0 Å². The molecule has 0 bridgehead atoms. The van der Waals surface area contributed by atoms with Gasteiger partial charge < -0.3 is 15.0 Å². The Kier molecular flexibility index (Phi) is 4.97. The fraction of sp³-hybridized carbons (Fsp3) is 0.111. The maximum absolute atomic E-state index is 12.4. The Morgan fingerprint density at radius 1 is 1.08 bits per heavy atom. The lowest BCUT2D eigenvalue weighted by atomic mass is 10.1. The number of ether oxygens (including phenoxy) is 1. The van der Waals surface area contributed by atoms with Gasteiger partial charge in [-0.3, -0.25) is 4.79 Å². The first kappa shape index (κ1) is 17.3. The summed E-state index contributed by atoms with van der Waals surface area (Å²) in [4.78, 5) is 27.5. The Morgan fingerprint density at radius 2 is 1.76 bits per heavy atom. The van der Waals surface area contributed by atoms with Crippen molar-refractivity contribution in [3.05, 3.63) is 63.8 Å². The van der Waals surface area contributed by atoms with Gasteiger partial charge >= 0.3 is 5.97 Å². The van der Waals surface area contributed by atoms with Crippen molar-refractivity contribution in [2.75, 3.05) is 11.9 Å². The number of H-pyrrole nitrogens is 1. The van der Waals surface area contributed by atoms with Crippen LogP contribution < -0.4 is 5.32 Å². The van der Waals surface area contributed by atoms with Gasteiger partial charge in [0.05, 0.1) is 21.3 Å². The second kappa shape index (κ2) is 7.17. The van der Waals surface area contributed by atoms with Gasteiger partial charge in [-0.25, -0.2) is 4.79 Å². The molecule has 1 aromatic heterocycles. The molecule has 0 aliphatic rings. The molecular weight excluding hydrogens is 363 g/mol. The molecule has 25 heavy (non-hydrogen) atoms. The number of halogens is 2. The average molecular weight is 377 g/mol. The zero-order chi connectivity index (χ0) is 18.0. The molecular formula is C18H14Cl2N2O3. The van der Waals surface area contributed by atoms with E-state index >= 15 is 0 Å². The minimum Gasteiger partial charge on any atom is -0.452 e. The van der Waals surface area contributed by atoms with Crippen LogP contribution in [0.3, 0.4) is 0 Å². The molecule has 0 fully saturated rings. The fourth-order valence-electron chi connectivity index (χ4n) is 2.54. The van der Waals surface area contributed by atoms with E-state index in [9.17, 15) is 9.59 Å². The number of hydrogen-bond donors (Lipinski definition) is 2. The van der Waals surface area contributed by atoms with Gasteiger partial charge in [0.25, 0.3) is 5.91 Å². The van der Waals surface area contributed by atoms with Crippen LogP contribution in [0.1, 0.15) is 16.1 Å². The van der Waals surface area contributed by atoms with Gasteiger partial charge in [-0.2, -0.15) is 0 Å². The van der Waals surface area contributed by atoms with Gasteiger partial charge in [-0.05, 0) is 25.1 Å². The van der Waals surface area contributed by atoms with Crippen LogP contribution in [0.15, 0.2) is 42.5 Å². The predicted molar refractivity (Wildman–Crippen MR) is 98.4 cm³/mol. The first-order valence-corrected chi connectivity index (χ1v) is 8.21. The Morgan fingerprint density at radius 3 is 2.48 bits per heavy atom. The van der Waals surface area contributed by atoms with Crippen LogP contribution in [0.4, 0.5) is 5.69 Å². The number of para-hydroxylation sites is 2. The largest absolute Gasteiger partial charge is 0.452 e. The number of carbonyl (C=O) groups excluding carboxylic acids is 2.